The number of anilines is 1. The highest BCUT2D eigenvalue weighted by atomic mass is 16.1. The Morgan fingerprint density at radius 2 is 2.00 bits per heavy atom. The van der Waals surface area contributed by atoms with Gasteiger partial charge in [-0.05, 0) is 48.8 Å². The summed E-state index contributed by atoms with van der Waals surface area (Å²) < 4.78 is 0. The third-order valence-electron chi connectivity index (χ3n) is 4.45. The van der Waals surface area contributed by atoms with E-state index in [1.54, 1.807) is 0 Å². The third kappa shape index (κ3) is 3.72. The number of carbonyl (C=O) groups is 1. The van der Waals surface area contributed by atoms with Crippen LogP contribution in [0.5, 0.6) is 0 Å². The summed E-state index contributed by atoms with van der Waals surface area (Å²) in [5.41, 5.74) is 7.97. The van der Waals surface area contributed by atoms with Crippen LogP contribution >= 0.6 is 0 Å². The van der Waals surface area contributed by atoms with Crippen molar-refractivity contribution in [3.8, 4) is 0 Å². The monoisotopic (exact) mass is 260 g/mol. The zero-order valence-corrected chi connectivity index (χ0v) is 11.7. The van der Waals surface area contributed by atoms with E-state index in [0.29, 0.717) is 11.8 Å². The fourth-order valence-corrected chi connectivity index (χ4v) is 2.65. The van der Waals surface area contributed by atoms with Gasteiger partial charge in [0.2, 0.25) is 5.91 Å². The van der Waals surface area contributed by atoms with E-state index in [0.717, 1.165) is 24.2 Å². The Balaban J connectivity index is 1.71. The van der Waals surface area contributed by atoms with Crippen molar-refractivity contribution < 1.29 is 4.79 Å². The van der Waals surface area contributed by atoms with Gasteiger partial charge in [-0.3, -0.25) is 4.79 Å². The van der Waals surface area contributed by atoms with E-state index < -0.39 is 0 Å². The number of benzene rings is 1. The van der Waals surface area contributed by atoms with E-state index in [1.807, 2.05) is 24.3 Å². The minimum Gasteiger partial charge on any atom is -0.399 e. The Morgan fingerprint density at radius 1 is 1.32 bits per heavy atom. The molecule has 1 aromatic rings. The van der Waals surface area contributed by atoms with Crippen LogP contribution in [0.25, 0.3) is 0 Å². The van der Waals surface area contributed by atoms with Crippen molar-refractivity contribution in [1.29, 1.82) is 0 Å². The summed E-state index contributed by atoms with van der Waals surface area (Å²) in [4.78, 5) is 11.9. The molecule has 3 N–H and O–H groups in total. The van der Waals surface area contributed by atoms with Crippen LogP contribution in [0.2, 0.25) is 0 Å². The van der Waals surface area contributed by atoms with Gasteiger partial charge >= 0.3 is 0 Å². The van der Waals surface area contributed by atoms with Gasteiger partial charge < -0.3 is 11.1 Å². The van der Waals surface area contributed by atoms with Gasteiger partial charge in [-0.2, -0.15) is 0 Å². The number of carbonyl (C=O) groups excluding carboxylic acids is 1. The molecule has 0 heterocycles. The van der Waals surface area contributed by atoms with Crippen LogP contribution in [0.3, 0.4) is 0 Å². The van der Waals surface area contributed by atoms with Crippen LogP contribution in [-0.4, -0.2) is 12.5 Å². The lowest BCUT2D eigenvalue weighted by atomic mass is 9.67. The average molecular weight is 260 g/mol. The summed E-state index contributed by atoms with van der Waals surface area (Å²) >= 11 is 0. The van der Waals surface area contributed by atoms with Gasteiger partial charge in [0.05, 0.1) is 0 Å². The van der Waals surface area contributed by atoms with Gasteiger partial charge in [0.15, 0.2) is 0 Å². The van der Waals surface area contributed by atoms with E-state index >= 15 is 0 Å². The van der Waals surface area contributed by atoms with Crippen LogP contribution in [0.15, 0.2) is 24.3 Å². The number of amides is 1. The molecule has 0 bridgehead atoms. The van der Waals surface area contributed by atoms with E-state index in [-0.39, 0.29) is 5.91 Å². The quantitative estimate of drug-likeness (QED) is 0.773. The molecule has 2 rings (SSSR count). The Hall–Kier alpha value is -1.51. The zero-order valence-electron chi connectivity index (χ0n) is 11.7. The Kier molecular flexibility index (Phi) is 4.46. The molecule has 1 aliphatic carbocycles. The fourth-order valence-electron chi connectivity index (χ4n) is 2.65. The zero-order chi connectivity index (χ0) is 13.7. The summed E-state index contributed by atoms with van der Waals surface area (Å²) in [5.74, 6) is 0.163. The molecule has 0 saturated heterocycles. The fraction of sp³-hybridized carbons (Fsp3) is 0.562. The van der Waals surface area contributed by atoms with Gasteiger partial charge in [0.1, 0.15) is 0 Å². The maximum Gasteiger partial charge on any atom is 0.220 e. The van der Waals surface area contributed by atoms with Crippen molar-refractivity contribution in [3.63, 3.8) is 0 Å². The number of aryl methyl sites for hydroxylation is 1. The number of nitrogens with one attached hydrogen (secondary N) is 1. The number of hydrogen-bond acceptors (Lipinski definition) is 2. The number of nitrogens with two attached hydrogens (primary N) is 1. The van der Waals surface area contributed by atoms with Crippen LogP contribution in [0, 0.1) is 5.41 Å². The number of hydrogen-bond donors (Lipinski definition) is 2. The van der Waals surface area contributed by atoms with E-state index in [4.69, 9.17) is 5.73 Å². The van der Waals surface area contributed by atoms with Gasteiger partial charge in [-0.25, -0.2) is 0 Å². The number of rotatable bonds is 6. The Labute approximate surface area is 115 Å². The Morgan fingerprint density at radius 3 is 2.53 bits per heavy atom. The molecule has 0 radical (unpaired) electrons. The van der Waals surface area contributed by atoms with Crippen molar-refractivity contribution in [1.82, 2.24) is 5.32 Å². The maximum absolute atomic E-state index is 11.9. The smallest absolute Gasteiger partial charge is 0.220 e. The predicted octanol–water partition coefficient (Wildman–Crippen LogP) is 2.90. The van der Waals surface area contributed by atoms with Crippen LogP contribution in [0.1, 0.15) is 44.6 Å². The maximum atomic E-state index is 11.9. The second kappa shape index (κ2) is 6.09. The minimum absolute atomic E-state index is 0.163. The Bertz CT molecular complexity index is 415. The van der Waals surface area contributed by atoms with Gasteiger partial charge in [0, 0.05) is 18.7 Å². The molecule has 1 fully saturated rings. The summed E-state index contributed by atoms with van der Waals surface area (Å²) in [6, 6.07) is 7.74. The normalized spacial score (nSPS) is 16.7. The first-order valence-corrected chi connectivity index (χ1v) is 7.25. The minimum atomic E-state index is 0.163. The first-order valence-electron chi connectivity index (χ1n) is 7.25. The average Bonchev–Trinajstić information content (AvgIpc) is 2.37. The van der Waals surface area contributed by atoms with E-state index in [2.05, 4.69) is 12.2 Å². The highest BCUT2D eigenvalue weighted by Crippen LogP contribution is 2.42. The SMILES string of the molecule is CCC1(CNC(=O)CCc2ccc(N)cc2)CCC1. The molecule has 0 spiro atoms. The molecule has 19 heavy (non-hydrogen) atoms. The first-order chi connectivity index (χ1) is 9.13. The molecule has 1 saturated carbocycles. The van der Waals surface area contributed by atoms with Gasteiger partial charge in [0.25, 0.3) is 0 Å². The van der Waals surface area contributed by atoms with Crippen molar-refractivity contribution in [2.24, 2.45) is 5.41 Å². The lowest BCUT2D eigenvalue weighted by molar-refractivity contribution is -0.122. The second-order valence-electron chi connectivity index (χ2n) is 5.73. The highest BCUT2D eigenvalue weighted by Gasteiger charge is 2.34. The molecule has 0 atom stereocenters. The molecule has 1 amide bonds. The third-order valence-corrected chi connectivity index (χ3v) is 4.45. The van der Waals surface area contributed by atoms with Crippen molar-refractivity contribution >= 4 is 11.6 Å². The largest absolute Gasteiger partial charge is 0.399 e. The number of nitrogen functional groups attached to an aromatic ring is 1. The van der Waals surface area contributed by atoms with Crippen LogP contribution in [-0.2, 0) is 11.2 Å². The van der Waals surface area contributed by atoms with E-state index in [9.17, 15) is 4.79 Å². The molecule has 1 aliphatic rings. The summed E-state index contributed by atoms with van der Waals surface area (Å²) in [6.07, 6.45) is 6.36. The molecular weight excluding hydrogens is 236 g/mol. The summed E-state index contributed by atoms with van der Waals surface area (Å²) in [7, 11) is 0. The lowest BCUT2D eigenvalue weighted by Crippen LogP contribution is -2.41. The van der Waals surface area contributed by atoms with Gasteiger partial charge in [-0.1, -0.05) is 25.5 Å². The highest BCUT2D eigenvalue weighted by molar-refractivity contribution is 5.76. The molecule has 0 unspecified atom stereocenters. The molecule has 3 heteroatoms. The summed E-state index contributed by atoms with van der Waals surface area (Å²) in [6.45, 7) is 3.07. The predicted molar refractivity (Wildman–Crippen MR) is 78.8 cm³/mol. The van der Waals surface area contributed by atoms with Crippen LogP contribution < -0.4 is 11.1 Å². The topological polar surface area (TPSA) is 55.1 Å². The molecule has 1 aromatic carbocycles. The van der Waals surface area contributed by atoms with Crippen molar-refractivity contribution in [3.05, 3.63) is 29.8 Å². The molecule has 104 valence electrons. The van der Waals surface area contributed by atoms with Crippen molar-refractivity contribution in [2.45, 2.75) is 45.4 Å². The van der Waals surface area contributed by atoms with Gasteiger partial charge in [-0.15, -0.1) is 0 Å². The standard InChI is InChI=1S/C16H24N2O/c1-2-16(10-3-11-16)12-18-15(19)9-6-13-4-7-14(17)8-5-13/h4-5,7-8H,2-3,6,9-12,17H2,1H3,(H,18,19). The lowest BCUT2D eigenvalue weighted by Gasteiger charge is -2.41. The molecule has 0 aromatic heterocycles. The second-order valence-corrected chi connectivity index (χ2v) is 5.73. The van der Waals surface area contributed by atoms with E-state index in [1.165, 1.54) is 25.7 Å². The molecule has 0 aliphatic heterocycles. The molecule has 3 nitrogen and oxygen atoms in total. The first kappa shape index (κ1) is 13.9. The van der Waals surface area contributed by atoms with Crippen molar-refractivity contribution in [2.75, 3.05) is 12.3 Å². The molecular formula is C16H24N2O. The van der Waals surface area contributed by atoms with Crippen LogP contribution in [0.4, 0.5) is 5.69 Å². The summed E-state index contributed by atoms with van der Waals surface area (Å²) in [5, 5.41) is 3.09.